The van der Waals surface area contributed by atoms with Crippen LogP contribution in [0.25, 0.3) is 0 Å². The predicted molar refractivity (Wildman–Crippen MR) is 61.8 cm³/mol. The minimum absolute atomic E-state index is 0. The number of quaternary nitrogens is 1. The summed E-state index contributed by atoms with van der Waals surface area (Å²) in [7, 11) is 4.59. The van der Waals surface area contributed by atoms with Gasteiger partial charge in [-0.3, -0.25) is 0 Å². The lowest BCUT2D eigenvalue weighted by Gasteiger charge is -2.40. The van der Waals surface area contributed by atoms with Crippen molar-refractivity contribution in [2.24, 2.45) is 0 Å². The molecule has 82 valence electrons. The maximum atomic E-state index is 3.99. The van der Waals surface area contributed by atoms with Crippen LogP contribution >= 0.6 is 15.9 Å². The van der Waals surface area contributed by atoms with E-state index in [1.165, 1.54) is 23.0 Å². The number of hydrogen-bond donors (Lipinski definition) is 0. The van der Waals surface area contributed by atoms with Gasteiger partial charge in [0.1, 0.15) is 6.04 Å². The molecule has 0 saturated heterocycles. The lowest BCUT2D eigenvalue weighted by Crippen LogP contribution is -3.00. The average Bonchev–Trinajstić information content (AvgIpc) is 1.96. The maximum Gasteiger partial charge on any atom is 0.124 e. The minimum Gasteiger partial charge on any atom is -1.00 e. The number of rotatable bonds is 2. The summed E-state index contributed by atoms with van der Waals surface area (Å²) < 4.78 is 2.43. The van der Waals surface area contributed by atoms with Gasteiger partial charge in [0.25, 0.3) is 0 Å². The fraction of sp³-hybridized carbons (Fsp3) is 0.636. The Hall–Kier alpha value is 0.650. The van der Waals surface area contributed by atoms with Crippen molar-refractivity contribution >= 4 is 15.9 Å². The van der Waals surface area contributed by atoms with E-state index in [0.717, 1.165) is 10.9 Å². The molecule has 1 aliphatic rings. The largest absolute Gasteiger partial charge is 1.00 e. The van der Waals surface area contributed by atoms with Crippen LogP contribution in [0.4, 0.5) is 0 Å². The van der Waals surface area contributed by atoms with Gasteiger partial charge in [-0.1, -0.05) is 18.2 Å². The summed E-state index contributed by atoms with van der Waals surface area (Å²) in [5.41, 5.74) is 1.27. The van der Waals surface area contributed by atoms with Gasteiger partial charge >= 0.3 is 0 Å². The summed E-state index contributed by atoms with van der Waals surface area (Å²) in [5, 5.41) is 0. The molecule has 1 aliphatic heterocycles. The third kappa shape index (κ3) is 3.66. The Morgan fingerprint density at radius 1 is 1.64 bits per heavy atom. The highest BCUT2D eigenvalue weighted by atomic mass is 127. The monoisotopic (exact) mass is 371 g/mol. The molecule has 1 rings (SSSR count). The van der Waals surface area contributed by atoms with Crippen LogP contribution in [-0.4, -0.2) is 31.2 Å². The lowest BCUT2D eigenvalue weighted by molar-refractivity contribution is -0.910. The SMILES string of the molecule is C=C(C)CC1C(Br)=CCC[N+]1(C)C.[I-]. The molecule has 0 aliphatic carbocycles. The molecule has 0 bridgehead atoms. The summed E-state index contributed by atoms with van der Waals surface area (Å²) in [5.74, 6) is 0. The fourth-order valence-corrected chi connectivity index (χ4v) is 2.78. The Balaban J connectivity index is 0.00000169. The highest BCUT2D eigenvalue weighted by molar-refractivity contribution is 9.11. The molecule has 0 aromatic rings. The fourth-order valence-electron chi connectivity index (χ4n) is 1.84. The molecule has 0 N–H and O–H groups in total. The molecule has 1 atom stereocenters. The Morgan fingerprint density at radius 2 is 2.21 bits per heavy atom. The summed E-state index contributed by atoms with van der Waals surface area (Å²) in [6.45, 7) is 7.33. The molecule has 0 aromatic carbocycles. The summed E-state index contributed by atoms with van der Waals surface area (Å²) in [6, 6.07) is 0.575. The van der Waals surface area contributed by atoms with E-state index in [4.69, 9.17) is 0 Å². The number of likely N-dealkylation sites (N-methyl/N-ethyl adjacent to an activating group) is 1. The summed E-state index contributed by atoms with van der Waals surface area (Å²) in [4.78, 5) is 0. The maximum absolute atomic E-state index is 3.99. The van der Waals surface area contributed by atoms with E-state index in [-0.39, 0.29) is 24.0 Å². The van der Waals surface area contributed by atoms with Crippen molar-refractivity contribution in [3.05, 3.63) is 22.7 Å². The van der Waals surface area contributed by atoms with E-state index in [2.05, 4.69) is 49.6 Å². The number of nitrogens with zero attached hydrogens (tertiary/aromatic N) is 1. The van der Waals surface area contributed by atoms with Gasteiger partial charge in [-0.15, -0.1) is 0 Å². The third-order valence-corrected chi connectivity index (χ3v) is 3.60. The highest BCUT2D eigenvalue weighted by Crippen LogP contribution is 2.30. The van der Waals surface area contributed by atoms with Crippen molar-refractivity contribution in [3.63, 3.8) is 0 Å². The zero-order valence-corrected chi connectivity index (χ0v) is 12.9. The second kappa shape index (κ2) is 5.66. The quantitative estimate of drug-likeness (QED) is 0.366. The van der Waals surface area contributed by atoms with Crippen molar-refractivity contribution in [1.82, 2.24) is 0 Å². The van der Waals surface area contributed by atoms with Crippen molar-refractivity contribution in [2.75, 3.05) is 20.6 Å². The van der Waals surface area contributed by atoms with Crippen molar-refractivity contribution in [2.45, 2.75) is 25.8 Å². The van der Waals surface area contributed by atoms with Crippen LogP contribution in [-0.2, 0) is 0 Å². The van der Waals surface area contributed by atoms with Crippen LogP contribution in [0.1, 0.15) is 19.8 Å². The smallest absolute Gasteiger partial charge is 0.124 e. The normalized spacial score (nSPS) is 24.9. The first-order valence-electron chi connectivity index (χ1n) is 4.76. The van der Waals surface area contributed by atoms with Crippen LogP contribution in [0.5, 0.6) is 0 Å². The standard InChI is InChI=1S/C11H19BrN.HI/c1-9(2)8-11-10(12)6-5-7-13(11,3)4;/h6,11H,1,5,7-8H2,2-4H3;1H/q+1;/p-1. The zero-order chi connectivity index (χ0) is 10.1. The molecule has 3 heteroatoms. The van der Waals surface area contributed by atoms with Crippen LogP contribution in [0, 0.1) is 0 Å². The Bertz CT molecular complexity index is 246. The molecule has 1 heterocycles. The molecule has 0 amide bonds. The summed E-state index contributed by atoms with van der Waals surface area (Å²) >= 11 is 3.66. The molecule has 0 fully saturated rings. The van der Waals surface area contributed by atoms with E-state index < -0.39 is 0 Å². The zero-order valence-electron chi connectivity index (χ0n) is 9.19. The van der Waals surface area contributed by atoms with E-state index >= 15 is 0 Å². The Labute approximate surface area is 113 Å². The first kappa shape index (κ1) is 14.6. The minimum atomic E-state index is 0. The first-order valence-corrected chi connectivity index (χ1v) is 5.55. The molecule has 1 nitrogen and oxygen atoms in total. The van der Waals surface area contributed by atoms with Crippen LogP contribution < -0.4 is 24.0 Å². The molecule has 14 heavy (non-hydrogen) atoms. The van der Waals surface area contributed by atoms with Gasteiger partial charge in [0.2, 0.25) is 0 Å². The molecular formula is C11H19BrIN. The third-order valence-electron chi connectivity index (χ3n) is 2.75. The van der Waals surface area contributed by atoms with Gasteiger partial charge in [-0.05, 0) is 22.9 Å². The average molecular weight is 372 g/mol. The van der Waals surface area contributed by atoms with Gasteiger partial charge in [0.15, 0.2) is 0 Å². The highest BCUT2D eigenvalue weighted by Gasteiger charge is 2.32. The second-order valence-electron chi connectivity index (χ2n) is 4.56. The van der Waals surface area contributed by atoms with Crippen molar-refractivity contribution in [1.29, 1.82) is 0 Å². The van der Waals surface area contributed by atoms with E-state index in [9.17, 15) is 0 Å². The molecule has 1 unspecified atom stereocenters. The van der Waals surface area contributed by atoms with Gasteiger partial charge in [0, 0.05) is 17.3 Å². The van der Waals surface area contributed by atoms with Gasteiger partial charge in [-0.25, -0.2) is 0 Å². The van der Waals surface area contributed by atoms with Gasteiger partial charge in [0.05, 0.1) is 20.6 Å². The number of halogens is 2. The van der Waals surface area contributed by atoms with Crippen LogP contribution in [0.2, 0.25) is 0 Å². The Kier molecular flexibility index (Phi) is 5.92. The van der Waals surface area contributed by atoms with Gasteiger partial charge in [-0.2, -0.15) is 0 Å². The molecular weight excluding hydrogens is 353 g/mol. The molecule has 0 saturated carbocycles. The van der Waals surface area contributed by atoms with Crippen molar-refractivity contribution < 1.29 is 28.5 Å². The second-order valence-corrected chi connectivity index (χ2v) is 5.47. The molecule has 0 radical (unpaired) electrons. The van der Waals surface area contributed by atoms with E-state index in [1.54, 1.807) is 0 Å². The van der Waals surface area contributed by atoms with Crippen molar-refractivity contribution in [3.8, 4) is 0 Å². The molecule has 0 aromatic heterocycles. The van der Waals surface area contributed by atoms with E-state index in [1.807, 2.05) is 0 Å². The van der Waals surface area contributed by atoms with E-state index in [0.29, 0.717) is 6.04 Å². The number of hydrogen-bond acceptors (Lipinski definition) is 0. The van der Waals surface area contributed by atoms with Gasteiger partial charge < -0.3 is 28.5 Å². The predicted octanol–water partition coefficient (Wildman–Crippen LogP) is 0.0841. The Morgan fingerprint density at radius 3 is 2.64 bits per heavy atom. The first-order chi connectivity index (χ1) is 5.93. The molecule has 0 spiro atoms. The lowest BCUT2D eigenvalue weighted by atomic mass is 10.0. The van der Waals surface area contributed by atoms with Crippen LogP contribution in [0.3, 0.4) is 0 Å². The topological polar surface area (TPSA) is 0 Å². The van der Waals surface area contributed by atoms with Crippen LogP contribution in [0.15, 0.2) is 22.7 Å². The summed E-state index contributed by atoms with van der Waals surface area (Å²) in [6.07, 6.45) is 4.57.